The molecule has 0 amide bonds. The smallest absolute Gasteiger partial charge is 0.297 e. The Labute approximate surface area is 579 Å². The lowest BCUT2D eigenvalue weighted by Gasteiger charge is -2.47. The van der Waals surface area contributed by atoms with Gasteiger partial charge in [0.05, 0.1) is 116 Å². The van der Waals surface area contributed by atoms with Crippen LogP contribution in [0.2, 0.25) is 0 Å². The van der Waals surface area contributed by atoms with Crippen LogP contribution in [-0.4, -0.2) is 221 Å². The highest BCUT2D eigenvalue weighted by Gasteiger charge is 2.53. The highest BCUT2D eigenvalue weighted by atomic mass is 35.5. The molecule has 13 atom stereocenters. The predicted octanol–water partition coefficient (Wildman–Crippen LogP) is 3.09. The minimum absolute atomic E-state index is 0. The molecule has 3 aliphatic heterocycles. The Kier molecular flexibility index (Phi) is 23.3. The third kappa shape index (κ3) is 14.4. The third-order valence-corrected chi connectivity index (χ3v) is 20.4. The van der Waals surface area contributed by atoms with Crippen molar-refractivity contribution in [1.82, 2.24) is 4.90 Å². The van der Waals surface area contributed by atoms with Gasteiger partial charge in [0.25, 0.3) is 10.1 Å². The molecule has 0 bridgehead atoms. The van der Waals surface area contributed by atoms with E-state index in [1.165, 1.54) is 76.6 Å². The highest BCUT2D eigenvalue weighted by molar-refractivity contribution is 7.86. The second-order valence-corrected chi connectivity index (χ2v) is 26.9. The standard InChI is InChI=1S/C31H35NO12.C27H29NO10.C11H14O5S.ClH/c1-13-26(35)17(32-7-8-42-12-20(32)34)9-21(43-13)44-19-11-31(40,14(2)33)10-16-23(19)30(39)25-24(28(16)37)27(36)15-5-4-6-18(41-3)22(15)29(25)38;1-10-22(30)14(28)7-17(37-10)38-16-9-27(35,11(2)29)8-13-19(16)26(34)21-20(24(13)32)23(31)12-5-4-6-15(36-3)18(12)25(21)33;1-10-2-4-11(5-3-10)17(13,14)16-9-8-15-7-6-12;/h4-6,13,17,19-21,26,34-35,37,39-40H,7-12H2,1-3H3;4-6,10,14,16-17,22,30,32,34-35H,7-9,28H2,1-3H3;2-6H,7-9H2,1H3;1H/t13-,17?,19-,20?,21-,26?,31-;10-,14?,16-,17-,22?,27-;;/m00../s1. The summed E-state index contributed by atoms with van der Waals surface area (Å²) in [7, 11) is -1.05. The quantitative estimate of drug-likeness (QED) is 0.0287. The maximum Gasteiger partial charge on any atom is 0.297 e. The number of ether oxygens (including phenoxy) is 8. The Morgan fingerprint density at radius 2 is 1.12 bits per heavy atom. The van der Waals surface area contributed by atoms with Crippen LogP contribution in [0.4, 0.5) is 0 Å². The molecule has 11 N–H and O–H groups in total. The molecule has 3 heterocycles. The molecule has 4 aliphatic carbocycles. The number of aromatic hydroxyl groups is 4. The number of aryl methyl sites for hydroxylation is 1. The van der Waals surface area contributed by atoms with E-state index in [-0.39, 0.29) is 125 Å². The number of nitrogens with zero attached hydrogens (tertiary/aromatic N) is 1. The topological polar surface area (TPSA) is 448 Å². The Balaban J connectivity index is 0.000000190. The molecule has 0 saturated carbocycles. The van der Waals surface area contributed by atoms with Crippen molar-refractivity contribution in [2.24, 2.45) is 5.73 Å². The molecule has 3 fully saturated rings. The number of phenols is 4. The van der Waals surface area contributed by atoms with Gasteiger partial charge in [-0.15, -0.1) is 12.4 Å². The summed E-state index contributed by atoms with van der Waals surface area (Å²) in [4.78, 5) is 91.5. The summed E-state index contributed by atoms with van der Waals surface area (Å²) in [6.07, 6.45) is -9.73. The van der Waals surface area contributed by atoms with Gasteiger partial charge in [-0.3, -0.25) is 37.9 Å². The first-order valence-electron chi connectivity index (χ1n) is 31.8. The Morgan fingerprint density at radius 3 is 1.56 bits per heavy atom. The zero-order chi connectivity index (χ0) is 72.1. The number of phenolic OH excluding ortho intramolecular Hbond substituents is 4. The monoisotopic (exact) mass is 1430 g/mol. The van der Waals surface area contributed by atoms with Gasteiger partial charge in [-0.2, -0.15) is 8.42 Å². The van der Waals surface area contributed by atoms with Crippen molar-refractivity contribution in [3.63, 3.8) is 0 Å². The van der Waals surface area contributed by atoms with E-state index in [1.807, 2.05) is 6.92 Å². The molecule has 0 spiro atoms. The number of aliphatic hydroxyl groups is 5. The molecule has 540 valence electrons. The first kappa shape index (κ1) is 76.4. The molecule has 7 aliphatic rings. The maximum absolute atomic E-state index is 13.8. The van der Waals surface area contributed by atoms with E-state index in [0.717, 1.165) is 5.56 Å². The molecule has 5 unspecified atom stereocenters. The van der Waals surface area contributed by atoms with Crippen molar-refractivity contribution >= 4 is 63.5 Å². The van der Waals surface area contributed by atoms with Crippen molar-refractivity contribution in [1.29, 1.82) is 0 Å². The van der Waals surface area contributed by atoms with Crippen LogP contribution in [0, 0.1) is 6.92 Å². The molecule has 31 heteroatoms. The SMILES string of the molecule is COc1cccc2c1C(=O)c1c(O)c3c(c(O)c1C2=O)C[C@@](O)(C(C)=O)C[C@@H]3O[C@H]1CC(N)C(O)[C@H](C)O1.COc1cccc2c1C(=O)c1c(O)c3c(c(O)c1C2=O)C[C@@](O)(C(C)=O)C[C@@H]3O[C@H]1CC(N2CCOCC2O)C(O)[C@H](C)O1.Cc1ccc(S(=O)(=O)OCCOCC=O)cc1.Cl. The van der Waals surface area contributed by atoms with E-state index in [2.05, 4.69) is 0 Å². The van der Waals surface area contributed by atoms with E-state index in [4.69, 9.17) is 47.8 Å². The number of aldehydes is 1. The number of ketones is 6. The average molecular weight is 1440 g/mol. The Hall–Kier alpha value is -7.73. The molecule has 5 aromatic carbocycles. The zero-order valence-electron chi connectivity index (χ0n) is 55.4. The van der Waals surface area contributed by atoms with Gasteiger partial charge < -0.3 is 94.4 Å². The zero-order valence-corrected chi connectivity index (χ0v) is 57.0. The van der Waals surface area contributed by atoms with Crippen molar-refractivity contribution in [2.45, 2.75) is 157 Å². The first-order valence-corrected chi connectivity index (χ1v) is 33.2. The van der Waals surface area contributed by atoms with Gasteiger partial charge in [-0.05, 0) is 58.9 Å². The van der Waals surface area contributed by atoms with Gasteiger partial charge in [-0.25, -0.2) is 0 Å². The Bertz CT molecular complexity index is 4140. The van der Waals surface area contributed by atoms with Crippen LogP contribution < -0.4 is 15.2 Å². The number of benzene rings is 5. The van der Waals surface area contributed by atoms with Gasteiger partial charge in [0, 0.05) is 90.5 Å². The molecule has 5 aromatic rings. The number of hydrogen-bond acceptors (Lipinski definition) is 29. The number of carbonyl (C=O) groups excluding carboxylic acids is 7. The van der Waals surface area contributed by atoms with Crippen LogP contribution in [-0.2, 0) is 69.9 Å². The highest BCUT2D eigenvalue weighted by Crippen LogP contribution is 2.55. The van der Waals surface area contributed by atoms with E-state index in [1.54, 1.807) is 30.9 Å². The van der Waals surface area contributed by atoms with E-state index in [0.29, 0.717) is 19.4 Å². The van der Waals surface area contributed by atoms with Crippen LogP contribution in [0.1, 0.15) is 157 Å². The number of methoxy groups -OCH3 is 2. The minimum atomic E-state index is -3.73. The summed E-state index contributed by atoms with van der Waals surface area (Å²) < 4.78 is 72.7. The van der Waals surface area contributed by atoms with Crippen LogP contribution in [0.15, 0.2) is 65.6 Å². The lowest BCUT2D eigenvalue weighted by Crippen LogP contribution is -2.61. The number of hydrogen-bond donors (Lipinski definition) is 10. The lowest BCUT2D eigenvalue weighted by atomic mass is 9.72. The molecular formula is C69H79ClN2O27S. The average Bonchev–Trinajstić information content (AvgIpc) is 0.717. The summed E-state index contributed by atoms with van der Waals surface area (Å²) in [5.41, 5.74) is 0.765. The second kappa shape index (κ2) is 30.5. The maximum atomic E-state index is 13.8. The fraction of sp³-hybridized carbons (Fsp3) is 0.464. The Morgan fingerprint density at radius 1 is 0.660 bits per heavy atom. The molecular weight excluding hydrogens is 1360 g/mol. The van der Waals surface area contributed by atoms with E-state index >= 15 is 0 Å². The van der Waals surface area contributed by atoms with Crippen molar-refractivity contribution in [3.05, 3.63) is 133 Å². The van der Waals surface area contributed by atoms with Gasteiger partial charge >= 0.3 is 0 Å². The summed E-state index contributed by atoms with van der Waals surface area (Å²) in [6.45, 7) is 8.12. The first-order chi connectivity index (χ1) is 46.8. The summed E-state index contributed by atoms with van der Waals surface area (Å²) >= 11 is 0. The summed E-state index contributed by atoms with van der Waals surface area (Å²) in [6, 6.07) is 13.9. The van der Waals surface area contributed by atoms with Crippen LogP contribution in [0.5, 0.6) is 34.5 Å². The molecule has 29 nitrogen and oxygen atoms in total. The molecule has 0 radical (unpaired) electrons. The number of Topliss-reactive ketones (excluding diaryl/α,β-unsaturated/α-hetero) is 2. The number of rotatable bonds is 16. The van der Waals surface area contributed by atoms with Crippen LogP contribution >= 0.6 is 12.4 Å². The number of nitrogens with two attached hydrogens (primary N) is 1. The minimum Gasteiger partial charge on any atom is -0.507 e. The van der Waals surface area contributed by atoms with Gasteiger partial charge in [0.1, 0.15) is 64.8 Å². The lowest BCUT2D eigenvalue weighted by molar-refractivity contribution is -0.270. The molecule has 12 rings (SSSR count). The molecule has 100 heavy (non-hydrogen) atoms. The van der Waals surface area contributed by atoms with E-state index in [9.17, 15) is 87.9 Å². The largest absolute Gasteiger partial charge is 0.507 e. The summed E-state index contributed by atoms with van der Waals surface area (Å²) in [5.74, 6) is -6.44. The normalized spacial score (nSPS) is 27.6. The van der Waals surface area contributed by atoms with Crippen LogP contribution in [0.3, 0.4) is 0 Å². The molecule has 0 aromatic heterocycles. The number of carbonyl (C=O) groups is 7. The van der Waals surface area contributed by atoms with Gasteiger partial charge in [0.2, 0.25) is 11.6 Å². The number of aliphatic hydroxyl groups excluding tert-OH is 3. The van der Waals surface area contributed by atoms with Crippen molar-refractivity contribution < 1.29 is 130 Å². The van der Waals surface area contributed by atoms with Gasteiger partial charge in [-0.1, -0.05) is 42.0 Å². The number of fused-ring (bicyclic) bond motifs is 6. The predicted molar refractivity (Wildman–Crippen MR) is 348 cm³/mol. The number of halogens is 1. The summed E-state index contributed by atoms with van der Waals surface area (Å²) in [5, 5.41) is 100. The third-order valence-electron chi connectivity index (χ3n) is 19.1. The number of morpholine rings is 1. The van der Waals surface area contributed by atoms with Crippen molar-refractivity contribution in [3.8, 4) is 34.5 Å². The van der Waals surface area contributed by atoms with Gasteiger partial charge in [0.15, 0.2) is 35.7 Å². The fourth-order valence-electron chi connectivity index (χ4n) is 13.7. The van der Waals surface area contributed by atoms with Crippen LogP contribution in [0.25, 0.3) is 0 Å². The second-order valence-electron chi connectivity index (χ2n) is 25.3. The molecule has 3 saturated heterocycles. The fourth-order valence-corrected chi connectivity index (χ4v) is 14.6. The van der Waals surface area contributed by atoms with E-state index < -0.39 is 182 Å². The van der Waals surface area contributed by atoms with Crippen molar-refractivity contribution in [2.75, 3.05) is 53.8 Å².